The Morgan fingerprint density at radius 3 is 2.52 bits per heavy atom. The molecule has 2 heterocycles. The van der Waals surface area contributed by atoms with Gasteiger partial charge in [0.2, 0.25) is 5.91 Å². The second-order valence-corrected chi connectivity index (χ2v) is 7.41. The molecule has 1 unspecified atom stereocenters. The standard InChI is InChI=1S/C22H28N6O3/c1-23-20(29)7-5-3-4-6-18(26-22(30)31)21-24-14-19(25-21)16-10-8-15(9-11-16)17-12-13-28(2)27-17/h8-14,18,26H,3-7H2,1-2H3,(H,23,29)(H,24,25)(H,30,31). The van der Waals surface area contributed by atoms with Crippen molar-refractivity contribution in [2.45, 2.75) is 38.1 Å². The number of aromatic amines is 1. The van der Waals surface area contributed by atoms with Crippen LogP contribution in [-0.4, -0.2) is 43.9 Å². The molecule has 0 aliphatic carbocycles. The number of amides is 2. The van der Waals surface area contributed by atoms with Crippen molar-refractivity contribution in [3.05, 3.63) is 48.5 Å². The molecule has 0 aliphatic heterocycles. The highest BCUT2D eigenvalue weighted by Crippen LogP contribution is 2.25. The van der Waals surface area contributed by atoms with E-state index in [1.165, 1.54) is 0 Å². The SMILES string of the molecule is CNC(=O)CCCCCC(NC(=O)O)c1ncc(-c2ccc(-c3ccn(C)n3)cc2)[nH]1. The predicted octanol–water partition coefficient (Wildman–Crippen LogP) is 3.48. The van der Waals surface area contributed by atoms with Gasteiger partial charge in [0, 0.05) is 32.3 Å². The summed E-state index contributed by atoms with van der Waals surface area (Å²) in [6.07, 6.45) is 6.01. The molecular formula is C22H28N6O3. The van der Waals surface area contributed by atoms with E-state index in [9.17, 15) is 14.7 Å². The molecular weight excluding hydrogens is 396 g/mol. The number of H-pyrrole nitrogens is 1. The van der Waals surface area contributed by atoms with Crippen molar-refractivity contribution in [3.63, 3.8) is 0 Å². The van der Waals surface area contributed by atoms with Crippen molar-refractivity contribution in [2.75, 3.05) is 7.05 Å². The topological polar surface area (TPSA) is 125 Å². The summed E-state index contributed by atoms with van der Waals surface area (Å²) in [5.74, 6) is 0.599. The van der Waals surface area contributed by atoms with E-state index in [2.05, 4.69) is 25.7 Å². The zero-order valence-corrected chi connectivity index (χ0v) is 17.8. The Balaban J connectivity index is 1.64. The lowest BCUT2D eigenvalue weighted by Gasteiger charge is -2.14. The summed E-state index contributed by atoms with van der Waals surface area (Å²) in [4.78, 5) is 30.2. The Kier molecular flexibility index (Phi) is 7.42. The number of carbonyl (C=O) groups excluding carboxylic acids is 1. The van der Waals surface area contributed by atoms with Gasteiger partial charge in [-0.15, -0.1) is 0 Å². The maximum absolute atomic E-state index is 11.3. The normalized spacial score (nSPS) is 11.8. The molecule has 0 saturated carbocycles. The lowest BCUT2D eigenvalue weighted by atomic mass is 10.1. The number of benzene rings is 1. The van der Waals surface area contributed by atoms with Gasteiger partial charge in [0.25, 0.3) is 0 Å². The molecule has 3 rings (SSSR count). The zero-order valence-electron chi connectivity index (χ0n) is 17.8. The molecule has 1 atom stereocenters. The first-order valence-electron chi connectivity index (χ1n) is 10.3. The highest BCUT2D eigenvalue weighted by Gasteiger charge is 2.18. The van der Waals surface area contributed by atoms with E-state index in [-0.39, 0.29) is 5.91 Å². The Labute approximate surface area is 180 Å². The maximum atomic E-state index is 11.3. The van der Waals surface area contributed by atoms with Crippen molar-refractivity contribution in [1.29, 1.82) is 0 Å². The molecule has 31 heavy (non-hydrogen) atoms. The van der Waals surface area contributed by atoms with Gasteiger partial charge in [-0.3, -0.25) is 9.48 Å². The first kappa shape index (κ1) is 22.1. The minimum Gasteiger partial charge on any atom is -0.465 e. The Morgan fingerprint density at radius 1 is 1.13 bits per heavy atom. The number of carboxylic acid groups (broad SMARTS) is 1. The minimum absolute atomic E-state index is 0.0185. The molecule has 0 spiro atoms. The summed E-state index contributed by atoms with van der Waals surface area (Å²) < 4.78 is 1.76. The van der Waals surface area contributed by atoms with Crippen LogP contribution in [0, 0.1) is 0 Å². The van der Waals surface area contributed by atoms with Crippen LogP contribution >= 0.6 is 0 Å². The van der Waals surface area contributed by atoms with Crippen LogP contribution < -0.4 is 10.6 Å². The monoisotopic (exact) mass is 424 g/mol. The van der Waals surface area contributed by atoms with E-state index in [1.54, 1.807) is 17.9 Å². The molecule has 9 nitrogen and oxygen atoms in total. The van der Waals surface area contributed by atoms with Crippen LogP contribution in [0.4, 0.5) is 4.79 Å². The number of aryl methyl sites for hydroxylation is 1. The third-order valence-electron chi connectivity index (χ3n) is 5.10. The van der Waals surface area contributed by atoms with Gasteiger partial charge in [-0.05, 0) is 24.5 Å². The molecule has 0 radical (unpaired) electrons. The number of unbranched alkanes of at least 4 members (excludes halogenated alkanes) is 2. The molecule has 0 aliphatic rings. The van der Waals surface area contributed by atoms with Crippen LogP contribution in [0.2, 0.25) is 0 Å². The molecule has 2 amide bonds. The molecule has 0 saturated heterocycles. The summed E-state index contributed by atoms with van der Waals surface area (Å²) in [6, 6.07) is 9.49. The molecule has 4 N–H and O–H groups in total. The van der Waals surface area contributed by atoms with Gasteiger partial charge in [-0.25, -0.2) is 9.78 Å². The first-order chi connectivity index (χ1) is 15.0. The van der Waals surface area contributed by atoms with Crippen LogP contribution in [0.5, 0.6) is 0 Å². The highest BCUT2D eigenvalue weighted by atomic mass is 16.4. The van der Waals surface area contributed by atoms with E-state index in [1.807, 2.05) is 43.6 Å². The van der Waals surface area contributed by atoms with Crippen LogP contribution in [0.1, 0.15) is 44.0 Å². The quantitative estimate of drug-likeness (QED) is 0.371. The van der Waals surface area contributed by atoms with Crippen LogP contribution in [0.25, 0.3) is 22.5 Å². The van der Waals surface area contributed by atoms with Gasteiger partial charge < -0.3 is 20.7 Å². The molecule has 0 bridgehead atoms. The predicted molar refractivity (Wildman–Crippen MR) is 117 cm³/mol. The van der Waals surface area contributed by atoms with E-state index in [0.29, 0.717) is 18.7 Å². The fraction of sp³-hybridized carbons (Fsp3) is 0.364. The summed E-state index contributed by atoms with van der Waals surface area (Å²) in [6.45, 7) is 0. The van der Waals surface area contributed by atoms with Crippen molar-refractivity contribution >= 4 is 12.0 Å². The van der Waals surface area contributed by atoms with E-state index < -0.39 is 12.1 Å². The number of nitrogens with zero attached hydrogens (tertiary/aromatic N) is 3. The summed E-state index contributed by atoms with van der Waals surface area (Å²) in [7, 11) is 3.50. The minimum atomic E-state index is -1.09. The average molecular weight is 425 g/mol. The van der Waals surface area contributed by atoms with Crippen molar-refractivity contribution in [3.8, 4) is 22.5 Å². The summed E-state index contributed by atoms with van der Waals surface area (Å²) >= 11 is 0. The van der Waals surface area contributed by atoms with E-state index >= 15 is 0 Å². The lowest BCUT2D eigenvalue weighted by Crippen LogP contribution is -2.27. The van der Waals surface area contributed by atoms with Gasteiger partial charge in [0.15, 0.2) is 0 Å². The van der Waals surface area contributed by atoms with Crippen molar-refractivity contribution < 1.29 is 14.7 Å². The average Bonchev–Trinajstić information content (AvgIpc) is 3.42. The number of carbonyl (C=O) groups is 2. The van der Waals surface area contributed by atoms with Gasteiger partial charge in [0.1, 0.15) is 5.82 Å². The number of nitrogens with one attached hydrogen (secondary N) is 3. The van der Waals surface area contributed by atoms with E-state index in [4.69, 9.17) is 0 Å². The zero-order chi connectivity index (χ0) is 22.2. The maximum Gasteiger partial charge on any atom is 0.405 e. The highest BCUT2D eigenvalue weighted by molar-refractivity contribution is 5.75. The number of imidazole rings is 1. The molecule has 3 aromatic rings. The van der Waals surface area contributed by atoms with Gasteiger partial charge >= 0.3 is 6.09 Å². The Bertz CT molecular complexity index is 1010. The van der Waals surface area contributed by atoms with Crippen molar-refractivity contribution in [2.24, 2.45) is 7.05 Å². The molecule has 0 fully saturated rings. The number of aromatic nitrogens is 4. The number of rotatable bonds is 10. The van der Waals surface area contributed by atoms with Crippen molar-refractivity contribution in [1.82, 2.24) is 30.4 Å². The fourth-order valence-corrected chi connectivity index (χ4v) is 3.41. The van der Waals surface area contributed by atoms with Crippen LogP contribution in [0.3, 0.4) is 0 Å². The second kappa shape index (κ2) is 10.4. The van der Waals surface area contributed by atoms with Crippen LogP contribution in [0.15, 0.2) is 42.7 Å². The Morgan fingerprint density at radius 2 is 1.87 bits per heavy atom. The second-order valence-electron chi connectivity index (χ2n) is 7.41. The summed E-state index contributed by atoms with van der Waals surface area (Å²) in [5.41, 5.74) is 3.70. The molecule has 9 heteroatoms. The van der Waals surface area contributed by atoms with Crippen LogP contribution in [-0.2, 0) is 11.8 Å². The summed E-state index contributed by atoms with van der Waals surface area (Å²) in [5, 5.41) is 18.7. The van der Waals surface area contributed by atoms with Gasteiger partial charge in [-0.2, -0.15) is 5.10 Å². The van der Waals surface area contributed by atoms with Gasteiger partial charge in [0.05, 0.1) is 23.6 Å². The molecule has 164 valence electrons. The third kappa shape index (κ3) is 6.18. The lowest BCUT2D eigenvalue weighted by molar-refractivity contribution is -0.120. The first-order valence-corrected chi connectivity index (χ1v) is 10.3. The number of hydrogen-bond acceptors (Lipinski definition) is 4. The smallest absolute Gasteiger partial charge is 0.405 e. The molecule has 2 aromatic heterocycles. The van der Waals surface area contributed by atoms with E-state index in [0.717, 1.165) is 41.8 Å². The largest absolute Gasteiger partial charge is 0.465 e. The van der Waals surface area contributed by atoms with Gasteiger partial charge in [-0.1, -0.05) is 37.1 Å². The molecule has 1 aromatic carbocycles. The number of hydrogen-bond donors (Lipinski definition) is 4. The third-order valence-corrected chi connectivity index (χ3v) is 5.10. The fourth-order valence-electron chi connectivity index (χ4n) is 3.41. The Hall–Kier alpha value is -3.62.